The summed E-state index contributed by atoms with van der Waals surface area (Å²) < 4.78 is 0. The van der Waals surface area contributed by atoms with Crippen molar-refractivity contribution in [2.75, 3.05) is 0 Å². The van der Waals surface area contributed by atoms with Gasteiger partial charge in [-0.15, -0.1) is 0 Å². The van der Waals surface area contributed by atoms with E-state index >= 15 is 0 Å². The molecule has 1 aromatic carbocycles. The van der Waals surface area contributed by atoms with Crippen LogP contribution >= 0.6 is 0 Å². The monoisotopic (exact) mass is 288 g/mol. The fraction of sp³-hybridized carbons (Fsp3) is 0.529. The Labute approximate surface area is 126 Å². The van der Waals surface area contributed by atoms with Crippen molar-refractivity contribution in [3.8, 4) is 0 Å². The van der Waals surface area contributed by atoms with Gasteiger partial charge >= 0.3 is 0 Å². The highest BCUT2D eigenvalue weighted by Crippen LogP contribution is 2.30. The van der Waals surface area contributed by atoms with Crippen LogP contribution in [0.2, 0.25) is 0 Å². The van der Waals surface area contributed by atoms with Crippen LogP contribution in [0.3, 0.4) is 0 Å². The van der Waals surface area contributed by atoms with Gasteiger partial charge in [0.1, 0.15) is 11.6 Å². The lowest BCUT2D eigenvalue weighted by atomic mass is 9.86. The number of carbonyl (C=O) groups is 2. The minimum atomic E-state index is -0.979. The first-order valence-corrected chi connectivity index (χ1v) is 7.66. The lowest BCUT2D eigenvalue weighted by molar-refractivity contribution is -0.157. The molecule has 1 N–H and O–H groups in total. The molecule has 0 radical (unpaired) electrons. The van der Waals surface area contributed by atoms with E-state index in [1.165, 1.54) is 0 Å². The van der Waals surface area contributed by atoms with Crippen molar-refractivity contribution in [1.29, 1.82) is 0 Å². The maximum atomic E-state index is 13.1. The predicted molar refractivity (Wildman–Crippen MR) is 82.6 cm³/mol. The largest absolute Gasteiger partial charge is 0.336 e. The Bertz CT molecular complexity index is 525. The van der Waals surface area contributed by atoms with Crippen molar-refractivity contribution in [3.05, 3.63) is 35.9 Å². The van der Waals surface area contributed by atoms with Gasteiger partial charge in [-0.25, -0.2) is 0 Å². The summed E-state index contributed by atoms with van der Waals surface area (Å²) in [6, 6.07) is 9.14. The van der Waals surface area contributed by atoms with E-state index in [0.29, 0.717) is 0 Å². The second-order valence-corrected chi connectivity index (χ2v) is 5.84. The molecule has 1 aliphatic rings. The van der Waals surface area contributed by atoms with E-state index in [1.807, 2.05) is 30.3 Å². The minimum Gasteiger partial charge on any atom is -0.336 e. The van der Waals surface area contributed by atoms with Gasteiger partial charge in [0.25, 0.3) is 5.91 Å². The van der Waals surface area contributed by atoms with Gasteiger partial charge in [-0.05, 0) is 32.3 Å². The second kappa shape index (κ2) is 5.88. The molecule has 2 rings (SSSR count). The zero-order chi connectivity index (χ0) is 15.6. The van der Waals surface area contributed by atoms with Gasteiger partial charge in [0, 0.05) is 6.04 Å². The topological polar surface area (TPSA) is 49.4 Å². The van der Waals surface area contributed by atoms with Crippen molar-refractivity contribution >= 4 is 11.8 Å². The highest BCUT2D eigenvalue weighted by atomic mass is 16.2. The van der Waals surface area contributed by atoms with E-state index in [1.54, 1.807) is 18.7 Å². The summed E-state index contributed by atoms with van der Waals surface area (Å²) in [4.78, 5) is 27.2. The van der Waals surface area contributed by atoms with E-state index in [-0.39, 0.29) is 17.9 Å². The number of carbonyl (C=O) groups excluding carboxylic acids is 2. The van der Waals surface area contributed by atoms with Crippen LogP contribution < -0.4 is 5.32 Å². The van der Waals surface area contributed by atoms with Crippen molar-refractivity contribution in [3.63, 3.8) is 0 Å². The first-order valence-electron chi connectivity index (χ1n) is 7.66. The molecule has 1 aliphatic heterocycles. The summed E-state index contributed by atoms with van der Waals surface area (Å²) >= 11 is 0. The highest BCUT2D eigenvalue weighted by molar-refractivity contribution is 6.00. The molecule has 0 spiro atoms. The van der Waals surface area contributed by atoms with Gasteiger partial charge in [0.05, 0.1) is 0 Å². The zero-order valence-electron chi connectivity index (χ0n) is 13.2. The molecular weight excluding hydrogens is 264 g/mol. The molecular formula is C17H24N2O2. The second-order valence-electron chi connectivity index (χ2n) is 5.84. The lowest BCUT2D eigenvalue weighted by Crippen LogP contribution is -2.68. The van der Waals surface area contributed by atoms with Gasteiger partial charge in [-0.1, -0.05) is 44.2 Å². The Morgan fingerprint density at radius 1 is 1.19 bits per heavy atom. The van der Waals surface area contributed by atoms with E-state index in [0.717, 1.165) is 18.4 Å². The molecule has 2 amide bonds. The van der Waals surface area contributed by atoms with Crippen LogP contribution in [-0.4, -0.2) is 28.8 Å². The summed E-state index contributed by atoms with van der Waals surface area (Å²) in [5, 5.41) is 2.91. The number of hydrogen-bond donors (Lipinski definition) is 1. The van der Waals surface area contributed by atoms with Crippen LogP contribution in [0, 0.1) is 0 Å². The molecule has 21 heavy (non-hydrogen) atoms. The molecule has 4 nitrogen and oxygen atoms in total. The van der Waals surface area contributed by atoms with Gasteiger partial charge in [-0.2, -0.15) is 0 Å². The fourth-order valence-corrected chi connectivity index (χ4v) is 3.10. The summed E-state index contributed by atoms with van der Waals surface area (Å²) in [5.41, 5.74) is -0.154. The number of benzene rings is 1. The Hall–Kier alpha value is -1.84. The quantitative estimate of drug-likeness (QED) is 0.925. The molecule has 2 atom stereocenters. The van der Waals surface area contributed by atoms with Crippen molar-refractivity contribution in [1.82, 2.24) is 10.2 Å². The molecule has 1 saturated heterocycles. The minimum absolute atomic E-state index is 0.0190. The van der Waals surface area contributed by atoms with Crippen LogP contribution in [-0.2, 0) is 15.1 Å². The molecule has 0 aliphatic carbocycles. The van der Waals surface area contributed by atoms with Crippen LogP contribution in [0.1, 0.15) is 46.1 Å². The van der Waals surface area contributed by atoms with Gasteiger partial charge in [0.15, 0.2) is 0 Å². The lowest BCUT2D eigenvalue weighted by Gasteiger charge is -2.46. The Balaban J connectivity index is 2.45. The van der Waals surface area contributed by atoms with Crippen molar-refractivity contribution in [2.45, 2.75) is 58.2 Å². The summed E-state index contributed by atoms with van der Waals surface area (Å²) in [6.45, 7) is 7.71. The molecule has 1 heterocycles. The third-order valence-electron chi connectivity index (χ3n) is 4.52. The fourth-order valence-electron chi connectivity index (χ4n) is 3.10. The van der Waals surface area contributed by atoms with Crippen LogP contribution in [0.25, 0.3) is 0 Å². The van der Waals surface area contributed by atoms with E-state index in [2.05, 4.69) is 19.2 Å². The van der Waals surface area contributed by atoms with Crippen molar-refractivity contribution in [2.24, 2.45) is 0 Å². The summed E-state index contributed by atoms with van der Waals surface area (Å²) in [7, 11) is 0. The molecule has 2 unspecified atom stereocenters. The maximum absolute atomic E-state index is 13.1. The Morgan fingerprint density at radius 3 is 2.29 bits per heavy atom. The third kappa shape index (κ3) is 2.55. The number of nitrogens with one attached hydrogen (secondary N) is 1. The number of hydrogen-bond acceptors (Lipinski definition) is 2. The number of amides is 2. The standard InChI is InChI=1S/C17H24N2O2/c1-5-14(6-2)19-12(3)15(20)18-17(4,16(19)21)13-10-8-7-9-11-13/h7-12,14H,5-6H2,1-4H3,(H,18,20). The first kappa shape index (κ1) is 15.5. The number of piperazine rings is 1. The molecule has 1 aromatic rings. The van der Waals surface area contributed by atoms with Crippen LogP contribution in [0.4, 0.5) is 0 Å². The van der Waals surface area contributed by atoms with Gasteiger partial charge in [-0.3, -0.25) is 9.59 Å². The van der Waals surface area contributed by atoms with Gasteiger partial charge < -0.3 is 10.2 Å². The molecule has 0 aromatic heterocycles. The SMILES string of the molecule is CCC(CC)N1C(=O)C(C)(c2ccccc2)NC(=O)C1C. The summed E-state index contributed by atoms with van der Waals surface area (Å²) in [5.74, 6) is -0.109. The molecule has 114 valence electrons. The first-order chi connectivity index (χ1) is 9.95. The maximum Gasteiger partial charge on any atom is 0.253 e. The Morgan fingerprint density at radius 2 is 1.76 bits per heavy atom. The van der Waals surface area contributed by atoms with Crippen molar-refractivity contribution < 1.29 is 9.59 Å². The zero-order valence-corrected chi connectivity index (χ0v) is 13.2. The average molecular weight is 288 g/mol. The van der Waals surface area contributed by atoms with Crippen LogP contribution in [0.5, 0.6) is 0 Å². The third-order valence-corrected chi connectivity index (χ3v) is 4.52. The predicted octanol–water partition coefficient (Wildman–Crippen LogP) is 2.44. The smallest absolute Gasteiger partial charge is 0.253 e. The molecule has 4 heteroatoms. The number of rotatable bonds is 4. The van der Waals surface area contributed by atoms with E-state index < -0.39 is 11.6 Å². The van der Waals surface area contributed by atoms with Gasteiger partial charge in [0.2, 0.25) is 5.91 Å². The number of nitrogens with zero attached hydrogens (tertiary/aromatic N) is 1. The normalized spacial score (nSPS) is 26.1. The summed E-state index contributed by atoms with van der Waals surface area (Å²) in [6.07, 6.45) is 1.70. The highest BCUT2D eigenvalue weighted by Gasteiger charge is 2.49. The Kier molecular flexibility index (Phi) is 4.35. The molecule has 1 fully saturated rings. The average Bonchev–Trinajstić information content (AvgIpc) is 2.50. The molecule has 0 bridgehead atoms. The molecule has 0 saturated carbocycles. The van der Waals surface area contributed by atoms with Crippen LogP contribution in [0.15, 0.2) is 30.3 Å². The van der Waals surface area contributed by atoms with E-state index in [9.17, 15) is 9.59 Å². The van der Waals surface area contributed by atoms with E-state index in [4.69, 9.17) is 0 Å².